The van der Waals surface area contributed by atoms with Crippen molar-refractivity contribution in [3.05, 3.63) is 117 Å². The summed E-state index contributed by atoms with van der Waals surface area (Å²) in [4.78, 5) is 28.1. The maximum Gasteiger partial charge on any atom is 0.260 e. The van der Waals surface area contributed by atoms with Gasteiger partial charge in [0, 0.05) is 33.1 Å². The number of pyridine rings is 2. The van der Waals surface area contributed by atoms with E-state index in [0.717, 1.165) is 50.2 Å². The minimum Gasteiger partial charge on any atom is -0.458 e. The normalized spacial score (nSPS) is 13.6. The minimum atomic E-state index is -0.139. The molecule has 4 heterocycles. The van der Waals surface area contributed by atoms with Crippen molar-refractivity contribution in [1.29, 1.82) is 0 Å². The van der Waals surface area contributed by atoms with E-state index in [1.807, 2.05) is 78.9 Å². The van der Waals surface area contributed by atoms with Crippen molar-refractivity contribution in [2.75, 3.05) is 0 Å². The van der Waals surface area contributed by atoms with E-state index in [1.165, 1.54) is 0 Å². The number of fused-ring (bicyclic) bond motifs is 8. The number of hydrogen-bond donors (Lipinski definition) is 0. The van der Waals surface area contributed by atoms with Crippen LogP contribution in [0.3, 0.4) is 0 Å². The highest BCUT2D eigenvalue weighted by atomic mass is 16.5. The van der Waals surface area contributed by atoms with Crippen LogP contribution in [0, 0.1) is 0 Å². The fourth-order valence-corrected chi connectivity index (χ4v) is 6.97. The van der Waals surface area contributed by atoms with E-state index in [2.05, 4.69) is 37.3 Å². The lowest BCUT2D eigenvalue weighted by atomic mass is 9.35. The number of benzene rings is 5. The van der Waals surface area contributed by atoms with Gasteiger partial charge in [-0.05, 0) is 70.4 Å². The maximum atomic E-state index is 14.2. The van der Waals surface area contributed by atoms with Crippen molar-refractivity contribution >= 4 is 61.2 Å². The van der Waals surface area contributed by atoms with Gasteiger partial charge in [-0.3, -0.25) is 9.59 Å². The number of hydrogen-bond acceptors (Lipinski definition) is 4. The summed E-state index contributed by atoms with van der Waals surface area (Å²) in [6.07, 6.45) is 0. The molecular weight excluding hydrogens is 521 g/mol. The number of rotatable bonds is 0. The van der Waals surface area contributed by atoms with Crippen LogP contribution in [0.5, 0.6) is 23.0 Å². The molecule has 0 saturated carbocycles. The van der Waals surface area contributed by atoms with Crippen LogP contribution < -0.4 is 36.7 Å². The zero-order valence-electron chi connectivity index (χ0n) is 23.3. The number of ether oxygens (including phenoxy) is 2. The maximum absolute atomic E-state index is 14.2. The van der Waals surface area contributed by atoms with E-state index in [0.29, 0.717) is 32.8 Å². The summed E-state index contributed by atoms with van der Waals surface area (Å²) in [6.45, 7) is 6.29. The van der Waals surface area contributed by atoms with Gasteiger partial charge in [0.25, 0.3) is 6.71 Å². The lowest BCUT2D eigenvalue weighted by Gasteiger charge is -2.33. The standard InChI is InChI=1S/C36H24BNO4/c1-36(2,3)19-14-15-26-22(16-19)34(39)20-8-6-9-21-33(20)38(26)27-18-31-25(17-23(27)35(21)40)37-24-10-4-5-11-28(24)41-29-12-7-13-30(42-31)32(29)37/h4-18H,1-3H3. The Hall–Kier alpha value is -5.10. The van der Waals surface area contributed by atoms with Gasteiger partial charge in [0.2, 0.25) is 0 Å². The van der Waals surface area contributed by atoms with Crippen molar-refractivity contribution in [2.24, 2.45) is 0 Å². The summed E-state index contributed by atoms with van der Waals surface area (Å²) in [5, 5.41) is 2.30. The molecule has 0 unspecified atom stereocenters. The molecule has 200 valence electrons. The molecule has 5 aromatic carbocycles. The van der Waals surface area contributed by atoms with Crippen molar-refractivity contribution in [1.82, 2.24) is 4.40 Å². The molecule has 0 saturated heterocycles. The summed E-state index contributed by atoms with van der Waals surface area (Å²) >= 11 is 0. The van der Waals surface area contributed by atoms with Crippen LogP contribution in [0.4, 0.5) is 0 Å². The van der Waals surface area contributed by atoms with Crippen molar-refractivity contribution in [3.63, 3.8) is 0 Å². The average Bonchev–Trinajstić information content (AvgIpc) is 2.99. The Bertz CT molecular complexity index is 2460. The zero-order valence-corrected chi connectivity index (χ0v) is 23.3. The molecule has 2 aliphatic rings. The van der Waals surface area contributed by atoms with Gasteiger partial charge in [-0.25, -0.2) is 0 Å². The van der Waals surface area contributed by atoms with Crippen LogP contribution >= 0.6 is 0 Å². The third-order valence-corrected chi connectivity index (χ3v) is 9.01. The lowest BCUT2D eigenvalue weighted by Crippen LogP contribution is -2.57. The van der Waals surface area contributed by atoms with Gasteiger partial charge in [0.05, 0.1) is 16.6 Å². The third-order valence-electron chi connectivity index (χ3n) is 9.01. The van der Waals surface area contributed by atoms with Crippen molar-refractivity contribution < 1.29 is 9.47 Å². The van der Waals surface area contributed by atoms with Crippen LogP contribution in [0.2, 0.25) is 0 Å². The van der Waals surface area contributed by atoms with E-state index >= 15 is 0 Å². The molecule has 7 aromatic rings. The second-order valence-corrected chi connectivity index (χ2v) is 12.4. The topological polar surface area (TPSA) is 57.0 Å². The first kappa shape index (κ1) is 23.6. The molecule has 0 aliphatic carbocycles. The number of para-hydroxylation sites is 2. The molecule has 5 nitrogen and oxygen atoms in total. The monoisotopic (exact) mass is 545 g/mol. The van der Waals surface area contributed by atoms with Gasteiger partial charge in [-0.15, -0.1) is 0 Å². The second-order valence-electron chi connectivity index (χ2n) is 12.4. The molecule has 2 aromatic heterocycles. The van der Waals surface area contributed by atoms with Crippen LogP contribution in [-0.2, 0) is 5.41 Å². The Labute approximate surface area is 241 Å². The van der Waals surface area contributed by atoms with E-state index in [4.69, 9.17) is 9.47 Å². The van der Waals surface area contributed by atoms with E-state index in [1.54, 1.807) is 0 Å². The third kappa shape index (κ3) is 2.94. The molecule has 0 N–H and O–H groups in total. The molecule has 0 spiro atoms. The molecule has 6 heteroatoms. The first-order chi connectivity index (χ1) is 20.3. The van der Waals surface area contributed by atoms with Gasteiger partial charge >= 0.3 is 0 Å². The predicted molar refractivity (Wildman–Crippen MR) is 170 cm³/mol. The highest BCUT2D eigenvalue weighted by molar-refractivity contribution is 6.98. The first-order valence-electron chi connectivity index (χ1n) is 14.2. The van der Waals surface area contributed by atoms with Gasteiger partial charge in [-0.1, -0.05) is 57.2 Å². The predicted octanol–water partition coefficient (Wildman–Crippen LogP) is 5.58. The molecule has 0 amide bonds. The highest BCUT2D eigenvalue weighted by Crippen LogP contribution is 2.36. The second kappa shape index (κ2) is 7.80. The van der Waals surface area contributed by atoms with Gasteiger partial charge < -0.3 is 13.9 Å². The molecule has 0 bridgehead atoms. The fraction of sp³-hybridized carbons (Fsp3) is 0.111. The Morgan fingerprint density at radius 2 is 1.24 bits per heavy atom. The van der Waals surface area contributed by atoms with Gasteiger partial charge in [0.1, 0.15) is 23.0 Å². The Morgan fingerprint density at radius 3 is 1.98 bits per heavy atom. The number of nitrogens with zero attached hydrogens (tertiary/aromatic N) is 1. The molecule has 9 rings (SSSR count). The Morgan fingerprint density at radius 1 is 0.595 bits per heavy atom. The van der Waals surface area contributed by atoms with Crippen LogP contribution in [0.1, 0.15) is 26.3 Å². The fourth-order valence-electron chi connectivity index (χ4n) is 6.97. The van der Waals surface area contributed by atoms with E-state index in [9.17, 15) is 9.59 Å². The summed E-state index contributed by atoms with van der Waals surface area (Å²) in [5.74, 6) is 3.00. The molecule has 42 heavy (non-hydrogen) atoms. The van der Waals surface area contributed by atoms with E-state index < -0.39 is 0 Å². The Balaban J connectivity index is 1.45. The summed E-state index contributed by atoms with van der Waals surface area (Å²) in [7, 11) is 0. The molecule has 0 atom stereocenters. The van der Waals surface area contributed by atoms with Crippen LogP contribution in [0.15, 0.2) is 101 Å². The Kier molecular flexibility index (Phi) is 4.38. The minimum absolute atomic E-state index is 0.0603. The summed E-state index contributed by atoms with van der Waals surface area (Å²) < 4.78 is 14.9. The van der Waals surface area contributed by atoms with Gasteiger partial charge in [-0.2, -0.15) is 0 Å². The lowest BCUT2D eigenvalue weighted by molar-refractivity contribution is 0.465. The highest BCUT2D eigenvalue weighted by Gasteiger charge is 2.40. The van der Waals surface area contributed by atoms with E-state index in [-0.39, 0.29) is 23.0 Å². The largest absolute Gasteiger partial charge is 0.458 e. The average molecular weight is 545 g/mol. The molecule has 2 aliphatic heterocycles. The quantitative estimate of drug-likeness (QED) is 0.142. The van der Waals surface area contributed by atoms with Crippen LogP contribution in [0.25, 0.3) is 38.1 Å². The molecular formula is C36H24BNO4. The summed E-state index contributed by atoms with van der Waals surface area (Å²) in [5.41, 5.74) is 5.88. The first-order valence-corrected chi connectivity index (χ1v) is 14.2. The van der Waals surface area contributed by atoms with Crippen LogP contribution in [-0.4, -0.2) is 11.1 Å². The van der Waals surface area contributed by atoms with Crippen molar-refractivity contribution in [2.45, 2.75) is 26.2 Å². The summed E-state index contributed by atoms with van der Waals surface area (Å²) in [6, 6.07) is 29.5. The molecule has 0 radical (unpaired) electrons. The SMILES string of the molecule is CC(C)(C)c1ccc2c(c1)c(=O)c1cccc3c(=O)c4cc5c(cc4n2c13)Oc1cccc2c1B5c1ccccc1O2. The number of aromatic nitrogens is 1. The zero-order chi connectivity index (χ0) is 28.5. The smallest absolute Gasteiger partial charge is 0.260 e. The van der Waals surface area contributed by atoms with Gasteiger partial charge in [0.15, 0.2) is 10.9 Å². The van der Waals surface area contributed by atoms with Crippen molar-refractivity contribution in [3.8, 4) is 23.0 Å². The molecule has 0 fully saturated rings.